The van der Waals surface area contributed by atoms with E-state index >= 15 is 0 Å². The zero-order valence-corrected chi connectivity index (χ0v) is 7.10. The number of benzene rings is 1. The van der Waals surface area contributed by atoms with Crippen molar-refractivity contribution in [3.05, 3.63) is 35.7 Å². The molecule has 0 saturated heterocycles. The monoisotopic (exact) mass is 179 g/mol. The van der Waals surface area contributed by atoms with Gasteiger partial charge in [-0.05, 0) is 25.1 Å². The Morgan fingerprint density at radius 2 is 2.31 bits per heavy atom. The third kappa shape index (κ3) is 1.13. The minimum atomic E-state index is -0.324. The fraction of sp³-hybridized carbons (Fsp3) is 0.100. The van der Waals surface area contributed by atoms with E-state index in [1.165, 1.54) is 12.1 Å². The number of hydrogen-bond acceptors (Lipinski definition) is 1. The Morgan fingerprint density at radius 3 is 3.00 bits per heavy atom. The molecule has 2 rings (SSSR count). The summed E-state index contributed by atoms with van der Waals surface area (Å²) < 4.78 is 12.8. The average Bonchev–Trinajstić information content (AvgIpc) is 2.40. The molecule has 68 valence electrons. The lowest BCUT2D eigenvalue weighted by Gasteiger charge is -1.96. The number of anilines is 1. The zero-order chi connectivity index (χ0) is 9.42. The van der Waals surface area contributed by atoms with Crippen LogP contribution in [0, 0.1) is 5.82 Å². The predicted octanol–water partition coefficient (Wildman–Crippen LogP) is 2.43. The van der Waals surface area contributed by atoms with E-state index in [2.05, 4.69) is 5.32 Å². The standard InChI is InChI=1S/C10H8FNO.H2/c1-2-7-8-5-6(11)3-4-9(8)12-10(7)13;/h2-5H,1H3,(H,12,13);1H/b7-2-;. The topological polar surface area (TPSA) is 29.1 Å². The summed E-state index contributed by atoms with van der Waals surface area (Å²) >= 11 is 0. The Balaban J connectivity index is 0.000000980. The maximum absolute atomic E-state index is 12.8. The van der Waals surface area contributed by atoms with E-state index in [9.17, 15) is 9.18 Å². The van der Waals surface area contributed by atoms with Gasteiger partial charge in [0.25, 0.3) is 5.91 Å². The molecule has 0 atom stereocenters. The molecule has 1 heterocycles. The first-order chi connectivity index (χ1) is 6.22. The number of amides is 1. The number of halogens is 1. The third-order valence-electron chi connectivity index (χ3n) is 2.05. The van der Waals surface area contributed by atoms with Gasteiger partial charge >= 0.3 is 0 Å². The number of carbonyl (C=O) groups excluding carboxylic acids is 1. The highest BCUT2D eigenvalue weighted by atomic mass is 19.1. The largest absolute Gasteiger partial charge is 0.321 e. The van der Waals surface area contributed by atoms with Gasteiger partial charge in [0.15, 0.2) is 0 Å². The summed E-state index contributed by atoms with van der Waals surface area (Å²) in [5, 5.41) is 2.65. The van der Waals surface area contributed by atoms with Gasteiger partial charge in [0.05, 0.1) is 0 Å². The molecular formula is C10H10FNO. The molecule has 0 saturated carbocycles. The van der Waals surface area contributed by atoms with Crippen molar-refractivity contribution in [2.24, 2.45) is 0 Å². The van der Waals surface area contributed by atoms with Crippen molar-refractivity contribution in [1.29, 1.82) is 0 Å². The highest BCUT2D eigenvalue weighted by Crippen LogP contribution is 2.31. The number of allylic oxidation sites excluding steroid dienone is 1. The highest BCUT2D eigenvalue weighted by molar-refractivity contribution is 6.31. The number of hydrogen-bond donors (Lipinski definition) is 1. The van der Waals surface area contributed by atoms with Crippen LogP contribution in [0.2, 0.25) is 0 Å². The average molecular weight is 179 g/mol. The Morgan fingerprint density at radius 1 is 1.54 bits per heavy atom. The van der Waals surface area contributed by atoms with Crippen molar-refractivity contribution in [2.45, 2.75) is 6.92 Å². The second-order valence-electron chi connectivity index (χ2n) is 2.85. The van der Waals surface area contributed by atoms with Crippen LogP contribution in [-0.2, 0) is 4.79 Å². The van der Waals surface area contributed by atoms with Gasteiger partial charge in [0, 0.05) is 18.3 Å². The molecule has 0 aromatic heterocycles. The van der Waals surface area contributed by atoms with Gasteiger partial charge < -0.3 is 5.32 Å². The molecule has 0 spiro atoms. The van der Waals surface area contributed by atoms with Gasteiger partial charge in [0.1, 0.15) is 5.82 Å². The second-order valence-corrected chi connectivity index (χ2v) is 2.85. The van der Waals surface area contributed by atoms with Gasteiger partial charge in [-0.25, -0.2) is 4.39 Å². The molecule has 0 bridgehead atoms. The first-order valence-electron chi connectivity index (χ1n) is 4.00. The van der Waals surface area contributed by atoms with Crippen molar-refractivity contribution in [1.82, 2.24) is 0 Å². The summed E-state index contributed by atoms with van der Waals surface area (Å²) in [6, 6.07) is 4.26. The van der Waals surface area contributed by atoms with Crippen LogP contribution in [0.1, 0.15) is 13.9 Å². The molecule has 1 aromatic rings. The van der Waals surface area contributed by atoms with Crippen LogP contribution < -0.4 is 5.32 Å². The summed E-state index contributed by atoms with van der Waals surface area (Å²) in [5.74, 6) is -0.488. The highest BCUT2D eigenvalue weighted by Gasteiger charge is 2.23. The van der Waals surface area contributed by atoms with Crippen molar-refractivity contribution >= 4 is 17.2 Å². The lowest BCUT2D eigenvalue weighted by atomic mass is 10.1. The third-order valence-corrected chi connectivity index (χ3v) is 2.05. The molecule has 1 amide bonds. The summed E-state index contributed by atoms with van der Waals surface area (Å²) in [7, 11) is 0. The van der Waals surface area contributed by atoms with Crippen molar-refractivity contribution < 1.29 is 10.6 Å². The van der Waals surface area contributed by atoms with Gasteiger partial charge in [-0.1, -0.05) is 6.08 Å². The van der Waals surface area contributed by atoms with E-state index in [0.717, 1.165) is 0 Å². The first-order valence-corrected chi connectivity index (χ1v) is 4.00. The summed E-state index contributed by atoms with van der Waals surface area (Å²) in [6.45, 7) is 1.76. The normalized spacial score (nSPS) is 17.4. The number of rotatable bonds is 0. The minimum absolute atomic E-state index is 0. The maximum Gasteiger partial charge on any atom is 0.256 e. The molecule has 1 N–H and O–H groups in total. The number of carbonyl (C=O) groups is 1. The van der Waals surface area contributed by atoms with Gasteiger partial charge in [-0.2, -0.15) is 0 Å². The maximum atomic E-state index is 12.8. The molecular weight excluding hydrogens is 169 g/mol. The molecule has 2 nitrogen and oxygen atoms in total. The van der Waals surface area contributed by atoms with Crippen LogP contribution in [0.5, 0.6) is 0 Å². The lowest BCUT2D eigenvalue weighted by molar-refractivity contribution is -0.110. The molecule has 0 unspecified atom stereocenters. The van der Waals surface area contributed by atoms with Crippen LogP contribution in [-0.4, -0.2) is 5.91 Å². The molecule has 1 aliphatic rings. The van der Waals surface area contributed by atoms with Crippen LogP contribution >= 0.6 is 0 Å². The van der Waals surface area contributed by atoms with E-state index in [1.807, 2.05) is 0 Å². The second kappa shape index (κ2) is 2.69. The van der Waals surface area contributed by atoms with E-state index in [1.54, 1.807) is 19.1 Å². The molecule has 1 aromatic carbocycles. The quantitative estimate of drug-likeness (QED) is 0.609. The molecule has 0 fully saturated rings. The lowest BCUT2D eigenvalue weighted by Crippen LogP contribution is -2.03. The Hall–Kier alpha value is -1.64. The summed E-state index contributed by atoms with van der Waals surface area (Å²) in [5.41, 5.74) is 1.86. The SMILES string of the molecule is C/C=C1\C(=O)Nc2ccc(F)cc21.[HH]. The van der Waals surface area contributed by atoms with Crippen LogP contribution in [0.15, 0.2) is 24.3 Å². The van der Waals surface area contributed by atoms with Gasteiger partial charge in [-0.15, -0.1) is 0 Å². The van der Waals surface area contributed by atoms with Gasteiger partial charge in [0.2, 0.25) is 0 Å². The summed E-state index contributed by atoms with van der Waals surface area (Å²) in [4.78, 5) is 11.3. The number of fused-ring (bicyclic) bond motifs is 1. The molecule has 13 heavy (non-hydrogen) atoms. The summed E-state index contributed by atoms with van der Waals surface area (Å²) in [6.07, 6.45) is 1.68. The smallest absolute Gasteiger partial charge is 0.256 e. The molecule has 0 aliphatic carbocycles. The Bertz CT molecular complexity index is 415. The fourth-order valence-electron chi connectivity index (χ4n) is 1.45. The predicted molar refractivity (Wildman–Crippen MR) is 50.8 cm³/mol. The van der Waals surface area contributed by atoms with Crippen molar-refractivity contribution in [3.63, 3.8) is 0 Å². The Kier molecular flexibility index (Phi) is 1.65. The van der Waals surface area contributed by atoms with E-state index < -0.39 is 0 Å². The molecule has 0 radical (unpaired) electrons. The van der Waals surface area contributed by atoms with Crippen LogP contribution in [0.4, 0.5) is 10.1 Å². The van der Waals surface area contributed by atoms with Crippen LogP contribution in [0.25, 0.3) is 5.57 Å². The minimum Gasteiger partial charge on any atom is -0.321 e. The van der Waals surface area contributed by atoms with Crippen molar-refractivity contribution in [2.75, 3.05) is 5.32 Å². The number of nitrogens with one attached hydrogen (secondary N) is 1. The molecule has 1 aliphatic heterocycles. The first kappa shape index (κ1) is 7.98. The Labute approximate surface area is 76.6 Å². The van der Waals surface area contributed by atoms with Crippen LogP contribution in [0.3, 0.4) is 0 Å². The van der Waals surface area contributed by atoms with E-state index in [-0.39, 0.29) is 13.2 Å². The van der Waals surface area contributed by atoms with E-state index in [0.29, 0.717) is 16.8 Å². The fourth-order valence-corrected chi connectivity index (χ4v) is 1.45. The zero-order valence-electron chi connectivity index (χ0n) is 7.10. The van der Waals surface area contributed by atoms with Crippen molar-refractivity contribution in [3.8, 4) is 0 Å². The van der Waals surface area contributed by atoms with E-state index in [4.69, 9.17) is 0 Å². The van der Waals surface area contributed by atoms with Gasteiger partial charge in [-0.3, -0.25) is 4.79 Å². The molecule has 3 heteroatoms.